The van der Waals surface area contributed by atoms with E-state index in [4.69, 9.17) is 17.3 Å². The molecule has 2 N–H and O–H groups in total. The summed E-state index contributed by atoms with van der Waals surface area (Å²) in [5.41, 5.74) is 0.165. The summed E-state index contributed by atoms with van der Waals surface area (Å²) in [6.07, 6.45) is 0. The van der Waals surface area contributed by atoms with Gasteiger partial charge in [0.25, 0.3) is 0 Å². The summed E-state index contributed by atoms with van der Waals surface area (Å²) in [7, 11) is -3.18. The van der Waals surface area contributed by atoms with E-state index >= 15 is 0 Å². The summed E-state index contributed by atoms with van der Waals surface area (Å²) in [6.45, 7) is 0. The van der Waals surface area contributed by atoms with Crippen molar-refractivity contribution in [3.8, 4) is 0 Å². The number of nitrogen functional groups attached to an aromatic ring is 1. The highest BCUT2D eigenvalue weighted by molar-refractivity contribution is 7.86. The number of hydrogen-bond donors (Lipinski definition) is 1. The van der Waals surface area contributed by atoms with Crippen molar-refractivity contribution in [2.75, 3.05) is 5.73 Å². The van der Waals surface area contributed by atoms with Crippen LogP contribution in [-0.2, 0) is 10.8 Å². The van der Waals surface area contributed by atoms with Crippen molar-refractivity contribution < 1.29 is 17.4 Å². The number of halogens is 4. The number of alkyl halides is 3. The second-order valence-corrected chi connectivity index (χ2v) is 4.19. The fourth-order valence-electron chi connectivity index (χ4n) is 0.837. The van der Waals surface area contributed by atoms with E-state index in [1.54, 1.807) is 0 Å². The number of anilines is 1. The summed E-state index contributed by atoms with van der Waals surface area (Å²) >= 11 is 5.46. The largest absolute Gasteiger partial charge is 0.475 e. The second-order valence-electron chi connectivity index (χ2n) is 2.37. The van der Waals surface area contributed by atoms with Gasteiger partial charge in [-0.25, -0.2) is 4.21 Å². The van der Waals surface area contributed by atoms with Gasteiger partial charge in [0.1, 0.15) is 0 Å². The maximum atomic E-state index is 12.1. The fourth-order valence-corrected chi connectivity index (χ4v) is 1.99. The monoisotopic (exact) mass is 243 g/mol. The minimum Gasteiger partial charge on any atom is -0.398 e. The molecule has 0 radical (unpaired) electrons. The number of benzene rings is 1. The Morgan fingerprint density at radius 3 is 2.36 bits per heavy atom. The van der Waals surface area contributed by atoms with E-state index in [-0.39, 0.29) is 10.7 Å². The van der Waals surface area contributed by atoms with E-state index in [9.17, 15) is 17.4 Å². The minimum absolute atomic E-state index is 0.229. The Balaban J connectivity index is 3.26. The van der Waals surface area contributed by atoms with Gasteiger partial charge in [-0.05, 0) is 12.1 Å². The van der Waals surface area contributed by atoms with Gasteiger partial charge in [0, 0.05) is 5.69 Å². The van der Waals surface area contributed by atoms with Crippen LogP contribution < -0.4 is 5.73 Å². The molecule has 1 atom stereocenters. The van der Waals surface area contributed by atoms with Crippen molar-refractivity contribution in [3.63, 3.8) is 0 Å². The van der Waals surface area contributed by atoms with Crippen LogP contribution in [0, 0.1) is 0 Å². The molecule has 0 bridgehead atoms. The molecule has 7 heteroatoms. The van der Waals surface area contributed by atoms with Gasteiger partial charge in [-0.1, -0.05) is 17.7 Å². The van der Waals surface area contributed by atoms with Crippen molar-refractivity contribution in [2.45, 2.75) is 10.4 Å². The average molecular weight is 244 g/mol. The lowest BCUT2D eigenvalue weighted by Gasteiger charge is -2.09. The van der Waals surface area contributed by atoms with Crippen LogP contribution in [0.25, 0.3) is 0 Å². The zero-order valence-electron chi connectivity index (χ0n) is 6.64. The van der Waals surface area contributed by atoms with Gasteiger partial charge in [-0.15, -0.1) is 0 Å². The van der Waals surface area contributed by atoms with Crippen LogP contribution in [0.4, 0.5) is 18.9 Å². The van der Waals surface area contributed by atoms with Crippen LogP contribution in [0.15, 0.2) is 23.1 Å². The van der Waals surface area contributed by atoms with E-state index in [1.165, 1.54) is 18.2 Å². The van der Waals surface area contributed by atoms with Crippen LogP contribution in [0.1, 0.15) is 0 Å². The lowest BCUT2D eigenvalue weighted by Crippen LogP contribution is -2.17. The standard InChI is InChI=1S/C7H5ClF3NOS/c8-4-2-1-3-5(12)6(4)14(13)7(9,10)11/h1-3H,12H2. The molecule has 0 aliphatic rings. The van der Waals surface area contributed by atoms with Crippen LogP contribution >= 0.6 is 11.6 Å². The predicted molar refractivity (Wildman–Crippen MR) is 48.3 cm³/mol. The highest BCUT2D eigenvalue weighted by atomic mass is 35.5. The SMILES string of the molecule is Nc1cccc(Cl)c1S(=O)C(F)(F)F. The first-order chi connectivity index (χ1) is 6.34. The molecule has 0 saturated carbocycles. The Labute approximate surface area is 85.3 Å². The van der Waals surface area contributed by atoms with Gasteiger partial charge in [-0.2, -0.15) is 13.2 Å². The molecule has 0 aliphatic heterocycles. The lowest BCUT2D eigenvalue weighted by atomic mass is 10.3. The number of hydrogen-bond acceptors (Lipinski definition) is 2. The molecule has 14 heavy (non-hydrogen) atoms. The van der Waals surface area contributed by atoms with Crippen molar-refractivity contribution in [1.82, 2.24) is 0 Å². The first-order valence-electron chi connectivity index (χ1n) is 3.36. The first-order valence-corrected chi connectivity index (χ1v) is 4.89. The molecular formula is C7H5ClF3NOS. The molecule has 0 saturated heterocycles. The zero-order chi connectivity index (χ0) is 10.9. The smallest absolute Gasteiger partial charge is 0.398 e. The summed E-state index contributed by atoms with van der Waals surface area (Å²) in [4.78, 5) is -0.582. The maximum Gasteiger partial charge on any atom is 0.475 e. The molecular weight excluding hydrogens is 239 g/mol. The van der Waals surface area contributed by atoms with Crippen LogP contribution in [0.5, 0.6) is 0 Å². The Hall–Kier alpha value is -0.750. The van der Waals surface area contributed by atoms with Crippen molar-refractivity contribution in [2.24, 2.45) is 0 Å². The van der Waals surface area contributed by atoms with Crippen molar-refractivity contribution in [1.29, 1.82) is 0 Å². The molecule has 0 spiro atoms. The highest BCUT2D eigenvalue weighted by Gasteiger charge is 2.40. The van der Waals surface area contributed by atoms with E-state index < -0.39 is 21.2 Å². The second kappa shape index (κ2) is 3.78. The summed E-state index contributed by atoms with van der Waals surface area (Å²) in [5, 5.41) is -0.249. The lowest BCUT2D eigenvalue weighted by molar-refractivity contribution is -0.0384. The van der Waals surface area contributed by atoms with Crippen molar-refractivity contribution >= 4 is 28.1 Å². The number of rotatable bonds is 1. The highest BCUT2D eigenvalue weighted by Crippen LogP contribution is 2.33. The normalized spacial score (nSPS) is 14.0. The molecule has 2 nitrogen and oxygen atoms in total. The molecule has 1 aromatic rings. The molecule has 78 valence electrons. The van der Waals surface area contributed by atoms with Gasteiger partial charge in [0.15, 0.2) is 10.8 Å². The van der Waals surface area contributed by atoms with E-state index in [0.717, 1.165) is 0 Å². The summed E-state index contributed by atoms with van der Waals surface area (Å²) < 4.78 is 47.2. The van der Waals surface area contributed by atoms with Crippen LogP contribution in [-0.4, -0.2) is 9.72 Å². The molecule has 0 amide bonds. The molecule has 0 aromatic heterocycles. The molecule has 1 aromatic carbocycles. The summed E-state index contributed by atoms with van der Waals surface area (Å²) in [5.74, 6) is 0. The molecule has 0 heterocycles. The third-order valence-electron chi connectivity index (χ3n) is 1.39. The maximum absolute atomic E-state index is 12.1. The molecule has 1 unspecified atom stereocenters. The van der Waals surface area contributed by atoms with Crippen LogP contribution in [0.3, 0.4) is 0 Å². The van der Waals surface area contributed by atoms with Gasteiger partial charge in [0.2, 0.25) is 0 Å². The van der Waals surface area contributed by atoms with Gasteiger partial charge in [0.05, 0.1) is 9.92 Å². The number of nitrogens with two attached hydrogens (primary N) is 1. The van der Waals surface area contributed by atoms with Crippen molar-refractivity contribution in [3.05, 3.63) is 23.2 Å². The fraction of sp³-hybridized carbons (Fsp3) is 0.143. The third-order valence-corrected chi connectivity index (χ3v) is 3.07. The van der Waals surface area contributed by atoms with Crippen LogP contribution in [0.2, 0.25) is 5.02 Å². The van der Waals surface area contributed by atoms with Gasteiger partial charge >= 0.3 is 5.51 Å². The Morgan fingerprint density at radius 2 is 1.93 bits per heavy atom. The molecule has 1 rings (SSSR count). The quantitative estimate of drug-likeness (QED) is 0.771. The molecule has 0 aliphatic carbocycles. The Morgan fingerprint density at radius 1 is 1.36 bits per heavy atom. The topological polar surface area (TPSA) is 43.1 Å². The van der Waals surface area contributed by atoms with E-state index in [2.05, 4.69) is 0 Å². The van der Waals surface area contributed by atoms with Gasteiger partial charge in [-0.3, -0.25) is 0 Å². The first kappa shape index (κ1) is 11.3. The molecule has 0 fully saturated rings. The predicted octanol–water partition coefficient (Wildman–Crippen LogP) is 2.55. The van der Waals surface area contributed by atoms with E-state index in [1.807, 2.05) is 0 Å². The van der Waals surface area contributed by atoms with E-state index in [0.29, 0.717) is 0 Å². The zero-order valence-corrected chi connectivity index (χ0v) is 8.21. The summed E-state index contributed by atoms with van der Waals surface area (Å²) in [6, 6.07) is 3.80. The minimum atomic E-state index is -4.85. The Kier molecular flexibility index (Phi) is 3.06. The average Bonchev–Trinajstić information content (AvgIpc) is 2.01. The van der Waals surface area contributed by atoms with Gasteiger partial charge < -0.3 is 5.73 Å². The third kappa shape index (κ3) is 2.19. The Bertz CT molecular complexity index is 359.